The SMILES string of the molecule is Cc1ccc(C)c(NC(=O)[C@H](C)OC(=O)c2csc3c2CCCC3)c1. The lowest BCUT2D eigenvalue weighted by molar-refractivity contribution is -0.123. The molecule has 3 rings (SSSR count). The highest BCUT2D eigenvalue weighted by atomic mass is 32.1. The number of esters is 1. The van der Waals surface area contributed by atoms with Gasteiger partial charge in [-0.3, -0.25) is 4.79 Å². The maximum Gasteiger partial charge on any atom is 0.340 e. The van der Waals surface area contributed by atoms with Crippen LogP contribution in [0.5, 0.6) is 0 Å². The molecule has 25 heavy (non-hydrogen) atoms. The van der Waals surface area contributed by atoms with Gasteiger partial charge in [0.05, 0.1) is 5.56 Å². The molecule has 0 saturated carbocycles. The van der Waals surface area contributed by atoms with Crippen LogP contribution < -0.4 is 5.32 Å². The third kappa shape index (κ3) is 3.93. The summed E-state index contributed by atoms with van der Waals surface area (Å²) < 4.78 is 5.42. The summed E-state index contributed by atoms with van der Waals surface area (Å²) in [6.07, 6.45) is 3.40. The number of carbonyl (C=O) groups excluding carboxylic acids is 2. The monoisotopic (exact) mass is 357 g/mol. The van der Waals surface area contributed by atoms with Crippen molar-refractivity contribution in [2.45, 2.75) is 52.6 Å². The summed E-state index contributed by atoms with van der Waals surface area (Å²) in [5, 5.41) is 4.72. The largest absolute Gasteiger partial charge is 0.449 e. The Morgan fingerprint density at radius 2 is 1.96 bits per heavy atom. The third-order valence-corrected chi connectivity index (χ3v) is 5.67. The zero-order valence-corrected chi connectivity index (χ0v) is 15.7. The van der Waals surface area contributed by atoms with Crippen molar-refractivity contribution in [3.05, 3.63) is 50.7 Å². The van der Waals surface area contributed by atoms with Crippen LogP contribution in [0.3, 0.4) is 0 Å². The molecule has 0 saturated heterocycles. The first-order valence-electron chi connectivity index (χ1n) is 8.64. The Morgan fingerprint density at radius 3 is 2.76 bits per heavy atom. The fourth-order valence-electron chi connectivity index (χ4n) is 3.05. The third-order valence-electron chi connectivity index (χ3n) is 4.59. The van der Waals surface area contributed by atoms with Gasteiger partial charge in [0.1, 0.15) is 0 Å². The van der Waals surface area contributed by atoms with E-state index in [1.165, 1.54) is 11.3 Å². The molecule has 1 atom stereocenters. The molecule has 132 valence electrons. The second kappa shape index (κ2) is 7.40. The minimum atomic E-state index is -0.841. The Balaban J connectivity index is 1.66. The first-order chi connectivity index (χ1) is 12.0. The van der Waals surface area contributed by atoms with Crippen molar-refractivity contribution >= 4 is 28.9 Å². The molecular weight excluding hydrogens is 334 g/mol. The number of carbonyl (C=O) groups is 2. The second-order valence-corrected chi connectivity index (χ2v) is 7.58. The number of hydrogen-bond donors (Lipinski definition) is 1. The molecule has 1 aliphatic carbocycles. The van der Waals surface area contributed by atoms with E-state index in [1.54, 1.807) is 18.3 Å². The lowest BCUT2D eigenvalue weighted by Crippen LogP contribution is -2.30. The molecule has 0 bridgehead atoms. The molecule has 0 radical (unpaired) electrons. The first kappa shape index (κ1) is 17.7. The maximum absolute atomic E-state index is 12.5. The zero-order chi connectivity index (χ0) is 18.0. The predicted octanol–water partition coefficient (Wildman–Crippen LogP) is 4.43. The lowest BCUT2D eigenvalue weighted by Gasteiger charge is -2.16. The van der Waals surface area contributed by atoms with Crippen molar-refractivity contribution in [1.29, 1.82) is 0 Å². The number of amides is 1. The van der Waals surface area contributed by atoms with Gasteiger partial charge in [-0.25, -0.2) is 4.79 Å². The van der Waals surface area contributed by atoms with Crippen LogP contribution in [0.1, 0.15) is 51.7 Å². The Morgan fingerprint density at radius 1 is 1.20 bits per heavy atom. The number of anilines is 1. The fourth-order valence-corrected chi connectivity index (χ4v) is 4.16. The van der Waals surface area contributed by atoms with E-state index in [0.717, 1.165) is 41.6 Å². The molecule has 1 N–H and O–H groups in total. The topological polar surface area (TPSA) is 55.4 Å². The van der Waals surface area contributed by atoms with E-state index < -0.39 is 12.1 Å². The smallest absolute Gasteiger partial charge is 0.340 e. The lowest BCUT2D eigenvalue weighted by atomic mass is 9.96. The van der Waals surface area contributed by atoms with Crippen molar-refractivity contribution in [3.8, 4) is 0 Å². The number of rotatable bonds is 4. The Bertz CT molecular complexity index is 809. The van der Waals surface area contributed by atoms with Crippen LogP contribution in [0.25, 0.3) is 0 Å². The first-order valence-corrected chi connectivity index (χ1v) is 9.52. The Hall–Kier alpha value is -2.14. The number of aryl methyl sites for hydroxylation is 3. The molecule has 5 heteroatoms. The second-order valence-electron chi connectivity index (χ2n) is 6.61. The number of hydrogen-bond acceptors (Lipinski definition) is 4. The molecule has 0 aliphatic heterocycles. The van der Waals surface area contributed by atoms with Gasteiger partial charge in [-0.1, -0.05) is 12.1 Å². The number of nitrogens with one attached hydrogen (secondary N) is 1. The average molecular weight is 357 g/mol. The van der Waals surface area contributed by atoms with Gasteiger partial charge in [0.15, 0.2) is 6.10 Å². The minimum Gasteiger partial charge on any atom is -0.449 e. The van der Waals surface area contributed by atoms with Crippen LogP contribution in [0.4, 0.5) is 5.69 Å². The highest BCUT2D eigenvalue weighted by molar-refractivity contribution is 7.10. The van der Waals surface area contributed by atoms with E-state index in [4.69, 9.17) is 4.74 Å². The van der Waals surface area contributed by atoms with E-state index in [-0.39, 0.29) is 5.91 Å². The van der Waals surface area contributed by atoms with Crippen LogP contribution in [-0.2, 0) is 22.4 Å². The normalized spacial score (nSPS) is 14.5. The molecule has 2 aromatic rings. The van der Waals surface area contributed by atoms with Gasteiger partial charge in [0.2, 0.25) is 0 Å². The van der Waals surface area contributed by atoms with Gasteiger partial charge >= 0.3 is 5.97 Å². The van der Waals surface area contributed by atoms with Gasteiger partial charge in [-0.2, -0.15) is 0 Å². The molecule has 1 heterocycles. The van der Waals surface area contributed by atoms with Crippen LogP contribution in [-0.4, -0.2) is 18.0 Å². The summed E-state index contributed by atoms with van der Waals surface area (Å²) in [6.45, 7) is 5.51. The zero-order valence-electron chi connectivity index (χ0n) is 14.8. The van der Waals surface area contributed by atoms with E-state index in [9.17, 15) is 9.59 Å². The van der Waals surface area contributed by atoms with Crippen molar-refractivity contribution < 1.29 is 14.3 Å². The van der Waals surface area contributed by atoms with Gasteiger partial charge in [0, 0.05) is 15.9 Å². The molecule has 0 unspecified atom stereocenters. The van der Waals surface area contributed by atoms with Crippen molar-refractivity contribution in [2.24, 2.45) is 0 Å². The van der Waals surface area contributed by atoms with Gasteiger partial charge in [0.25, 0.3) is 5.91 Å². The summed E-state index contributed by atoms with van der Waals surface area (Å²) in [7, 11) is 0. The van der Waals surface area contributed by atoms with Crippen LogP contribution in [0, 0.1) is 13.8 Å². The molecular formula is C20H23NO3S. The number of fused-ring (bicyclic) bond motifs is 1. The number of benzene rings is 1. The van der Waals surface area contributed by atoms with Crippen LogP contribution in [0.2, 0.25) is 0 Å². The molecule has 1 aromatic heterocycles. The molecule has 1 aromatic carbocycles. The highest BCUT2D eigenvalue weighted by Gasteiger charge is 2.24. The average Bonchev–Trinajstić information content (AvgIpc) is 3.02. The molecule has 0 spiro atoms. The summed E-state index contributed by atoms with van der Waals surface area (Å²) in [6, 6.07) is 5.87. The standard InChI is InChI=1S/C20H23NO3S/c1-12-8-9-13(2)17(10-12)21-19(22)14(3)24-20(23)16-11-25-18-7-5-4-6-15(16)18/h8-11,14H,4-7H2,1-3H3,(H,21,22)/t14-/m0/s1. The van der Waals surface area contributed by atoms with Crippen LogP contribution >= 0.6 is 11.3 Å². The number of thiophene rings is 1. The maximum atomic E-state index is 12.5. The summed E-state index contributed by atoms with van der Waals surface area (Å²) in [5.41, 5.74) is 4.54. The van der Waals surface area contributed by atoms with E-state index in [0.29, 0.717) is 5.56 Å². The molecule has 0 fully saturated rings. The molecule has 4 nitrogen and oxygen atoms in total. The van der Waals surface area contributed by atoms with Crippen LogP contribution in [0.15, 0.2) is 23.6 Å². The summed E-state index contributed by atoms with van der Waals surface area (Å²) in [5.74, 6) is -0.714. The van der Waals surface area contributed by atoms with E-state index in [2.05, 4.69) is 5.32 Å². The van der Waals surface area contributed by atoms with Gasteiger partial charge in [-0.05, 0) is 69.2 Å². The summed E-state index contributed by atoms with van der Waals surface area (Å²) in [4.78, 5) is 26.1. The number of ether oxygens (including phenoxy) is 1. The predicted molar refractivity (Wildman–Crippen MR) is 100 cm³/mol. The van der Waals surface area contributed by atoms with Crippen molar-refractivity contribution in [3.63, 3.8) is 0 Å². The Labute approximate surface area is 152 Å². The van der Waals surface area contributed by atoms with Crippen molar-refractivity contribution in [2.75, 3.05) is 5.32 Å². The fraction of sp³-hybridized carbons (Fsp3) is 0.400. The van der Waals surface area contributed by atoms with E-state index >= 15 is 0 Å². The minimum absolute atomic E-state index is 0.314. The quantitative estimate of drug-likeness (QED) is 0.824. The summed E-state index contributed by atoms with van der Waals surface area (Å²) >= 11 is 1.62. The van der Waals surface area contributed by atoms with E-state index in [1.807, 2.05) is 37.4 Å². The van der Waals surface area contributed by atoms with Gasteiger partial charge < -0.3 is 10.1 Å². The van der Waals surface area contributed by atoms with Gasteiger partial charge in [-0.15, -0.1) is 11.3 Å². The molecule has 1 aliphatic rings. The highest BCUT2D eigenvalue weighted by Crippen LogP contribution is 2.30. The Kier molecular flexibility index (Phi) is 5.23. The molecule has 1 amide bonds. The van der Waals surface area contributed by atoms with Crippen molar-refractivity contribution in [1.82, 2.24) is 0 Å².